The Morgan fingerprint density at radius 3 is 0.854 bits per heavy atom. The number of carbonyl (C=O) groups excluding carboxylic acids is 2. The van der Waals surface area contributed by atoms with Crippen molar-refractivity contribution in [1.82, 2.24) is 19.6 Å². The van der Waals surface area contributed by atoms with Gasteiger partial charge < -0.3 is 9.80 Å². The quantitative estimate of drug-likeness (QED) is 0.189. The molecule has 6 heteroatoms. The zero-order valence-corrected chi connectivity index (χ0v) is 27.3. The molecular weight excluding hydrogens is 592 g/mol. The average molecular weight is 635 g/mol. The Hall–Kier alpha value is -5.04. The molecule has 48 heavy (non-hydrogen) atoms. The predicted molar refractivity (Wildman–Crippen MR) is 191 cm³/mol. The minimum atomic E-state index is 0.0195. The largest absolute Gasteiger partial charge is 0.336 e. The fourth-order valence-corrected chi connectivity index (χ4v) is 7.26. The van der Waals surface area contributed by atoms with Crippen LogP contribution in [-0.4, -0.2) is 83.8 Å². The molecule has 2 saturated heterocycles. The maximum atomic E-state index is 13.5. The highest BCUT2D eigenvalue weighted by Gasteiger charge is 2.30. The van der Waals surface area contributed by atoms with Gasteiger partial charge in [0.1, 0.15) is 0 Å². The Labute approximate surface area is 283 Å². The van der Waals surface area contributed by atoms with Crippen LogP contribution in [0.5, 0.6) is 0 Å². The normalized spacial score (nSPS) is 16.0. The van der Waals surface area contributed by atoms with Gasteiger partial charge >= 0.3 is 0 Å². The Bertz CT molecular complexity index is 1550. The maximum absolute atomic E-state index is 13.5. The van der Waals surface area contributed by atoms with Gasteiger partial charge in [0, 0.05) is 63.5 Å². The summed E-state index contributed by atoms with van der Waals surface area (Å²) in [6.07, 6.45) is 0. The van der Waals surface area contributed by atoms with Crippen LogP contribution in [0.3, 0.4) is 0 Å². The highest BCUT2D eigenvalue weighted by molar-refractivity contribution is 5.98. The fraction of sp³-hybridized carbons (Fsp3) is 0.238. The molecule has 0 aliphatic carbocycles. The van der Waals surface area contributed by atoms with Crippen LogP contribution in [-0.2, 0) is 0 Å². The summed E-state index contributed by atoms with van der Waals surface area (Å²) in [6.45, 7) is 5.80. The van der Waals surface area contributed by atoms with E-state index in [1.807, 2.05) is 34.1 Å². The van der Waals surface area contributed by atoms with E-state index < -0.39 is 0 Å². The smallest absolute Gasteiger partial charge is 0.253 e. The number of hydrogen-bond acceptors (Lipinski definition) is 4. The molecule has 0 N–H and O–H groups in total. The lowest BCUT2D eigenvalue weighted by atomic mass is 9.96. The summed E-state index contributed by atoms with van der Waals surface area (Å²) in [5.74, 6) is 0.0391. The second-order valence-electron chi connectivity index (χ2n) is 12.7. The first-order valence-electron chi connectivity index (χ1n) is 17.0. The highest BCUT2D eigenvalue weighted by atomic mass is 16.2. The van der Waals surface area contributed by atoms with Gasteiger partial charge in [-0.05, 0) is 46.5 Å². The molecule has 0 aromatic heterocycles. The van der Waals surface area contributed by atoms with Crippen LogP contribution in [0.1, 0.15) is 55.1 Å². The molecule has 0 spiro atoms. The molecule has 2 aliphatic heterocycles. The summed E-state index contributed by atoms with van der Waals surface area (Å²) in [5.41, 5.74) is 6.30. The number of benzene rings is 5. The van der Waals surface area contributed by atoms with E-state index in [0.717, 1.165) is 26.2 Å². The molecule has 0 bridgehead atoms. The van der Waals surface area contributed by atoms with Crippen LogP contribution < -0.4 is 0 Å². The second kappa shape index (κ2) is 14.8. The van der Waals surface area contributed by atoms with Gasteiger partial charge in [0.25, 0.3) is 11.8 Å². The van der Waals surface area contributed by atoms with Gasteiger partial charge in [0.05, 0.1) is 12.1 Å². The minimum Gasteiger partial charge on any atom is -0.336 e. The van der Waals surface area contributed by atoms with E-state index in [4.69, 9.17) is 0 Å². The topological polar surface area (TPSA) is 47.1 Å². The third kappa shape index (κ3) is 6.96. The van der Waals surface area contributed by atoms with Crippen LogP contribution in [0.25, 0.3) is 0 Å². The predicted octanol–water partition coefficient (Wildman–Crippen LogP) is 6.78. The molecule has 5 aromatic rings. The van der Waals surface area contributed by atoms with Crippen LogP contribution in [0, 0.1) is 0 Å². The average Bonchev–Trinajstić information content (AvgIpc) is 3.17. The van der Waals surface area contributed by atoms with E-state index >= 15 is 0 Å². The van der Waals surface area contributed by atoms with Crippen molar-refractivity contribution in [2.75, 3.05) is 52.4 Å². The van der Waals surface area contributed by atoms with Crippen LogP contribution in [0.4, 0.5) is 0 Å². The first kappa shape index (κ1) is 31.6. The van der Waals surface area contributed by atoms with Crippen LogP contribution in [0.15, 0.2) is 146 Å². The zero-order chi connectivity index (χ0) is 32.7. The van der Waals surface area contributed by atoms with Crippen molar-refractivity contribution in [3.63, 3.8) is 0 Å². The molecule has 2 heterocycles. The lowest BCUT2D eigenvalue weighted by molar-refractivity contribution is 0.0587. The van der Waals surface area contributed by atoms with Gasteiger partial charge in [0.15, 0.2) is 0 Å². The molecule has 6 nitrogen and oxygen atoms in total. The van der Waals surface area contributed by atoms with E-state index in [-0.39, 0.29) is 23.9 Å². The van der Waals surface area contributed by atoms with Crippen LogP contribution >= 0.6 is 0 Å². The molecule has 2 fully saturated rings. The minimum absolute atomic E-state index is 0.0195. The number of piperazine rings is 2. The van der Waals surface area contributed by atoms with Crippen molar-refractivity contribution in [1.29, 1.82) is 0 Å². The van der Waals surface area contributed by atoms with Gasteiger partial charge in [-0.1, -0.05) is 121 Å². The summed E-state index contributed by atoms with van der Waals surface area (Å²) >= 11 is 0. The molecule has 2 amide bonds. The molecule has 0 unspecified atom stereocenters. The number of carbonyl (C=O) groups is 2. The number of amides is 2. The van der Waals surface area contributed by atoms with Crippen molar-refractivity contribution in [3.05, 3.63) is 179 Å². The van der Waals surface area contributed by atoms with Crippen molar-refractivity contribution in [2.45, 2.75) is 12.1 Å². The molecule has 0 radical (unpaired) electrons. The Balaban J connectivity index is 0.960. The highest BCUT2D eigenvalue weighted by Crippen LogP contribution is 2.31. The van der Waals surface area contributed by atoms with Crippen molar-refractivity contribution in [2.24, 2.45) is 0 Å². The second-order valence-corrected chi connectivity index (χ2v) is 12.7. The van der Waals surface area contributed by atoms with Gasteiger partial charge in [0.2, 0.25) is 0 Å². The Kier molecular flexibility index (Phi) is 9.73. The van der Waals surface area contributed by atoms with Crippen molar-refractivity contribution >= 4 is 11.8 Å². The van der Waals surface area contributed by atoms with E-state index in [9.17, 15) is 9.59 Å². The Morgan fingerprint density at radius 2 is 0.604 bits per heavy atom. The van der Waals surface area contributed by atoms with Gasteiger partial charge in [-0.3, -0.25) is 19.4 Å². The first-order valence-corrected chi connectivity index (χ1v) is 17.0. The third-order valence-electron chi connectivity index (χ3n) is 9.77. The molecule has 0 atom stereocenters. The molecule has 7 rings (SSSR count). The molecule has 0 saturated carbocycles. The van der Waals surface area contributed by atoms with Crippen LogP contribution in [0.2, 0.25) is 0 Å². The molecule has 242 valence electrons. The maximum Gasteiger partial charge on any atom is 0.253 e. The SMILES string of the molecule is O=C(c1ccc(C(=O)N2CCN(C(c3ccccc3)c3ccccc3)CC2)cc1)N1CCN(C(c2ccccc2)c2ccccc2)CC1. The summed E-state index contributed by atoms with van der Waals surface area (Å²) in [5, 5.41) is 0. The van der Waals surface area contributed by atoms with E-state index in [1.54, 1.807) is 0 Å². The number of hydrogen-bond donors (Lipinski definition) is 0. The van der Waals surface area contributed by atoms with Crippen molar-refractivity contribution in [3.8, 4) is 0 Å². The number of rotatable bonds is 8. The summed E-state index contributed by atoms with van der Waals surface area (Å²) in [7, 11) is 0. The zero-order valence-electron chi connectivity index (χ0n) is 27.3. The summed E-state index contributed by atoms with van der Waals surface area (Å²) in [6, 6.07) is 50.0. The first-order chi connectivity index (χ1) is 23.7. The third-order valence-corrected chi connectivity index (χ3v) is 9.77. The molecule has 2 aliphatic rings. The molecular formula is C42H42N4O2. The lowest BCUT2D eigenvalue weighted by Gasteiger charge is -2.40. The van der Waals surface area contributed by atoms with Crippen molar-refractivity contribution < 1.29 is 9.59 Å². The molecule has 5 aromatic carbocycles. The lowest BCUT2D eigenvalue weighted by Crippen LogP contribution is -2.50. The van der Waals surface area contributed by atoms with E-state index in [2.05, 4.69) is 131 Å². The standard InChI is InChI=1S/C42H42N4O2/c47-41(45-29-25-43(26-30-45)39(33-13-5-1-6-14-33)34-15-7-2-8-16-34)37-21-23-38(24-22-37)42(48)46-31-27-44(28-32-46)40(35-17-9-3-10-18-35)36-19-11-4-12-20-36/h1-24,39-40H,25-32H2. The fourth-order valence-electron chi connectivity index (χ4n) is 7.26. The Morgan fingerprint density at radius 1 is 0.354 bits per heavy atom. The number of nitrogens with zero attached hydrogens (tertiary/aromatic N) is 4. The van der Waals surface area contributed by atoms with Gasteiger partial charge in [-0.15, -0.1) is 0 Å². The van der Waals surface area contributed by atoms with Gasteiger partial charge in [-0.2, -0.15) is 0 Å². The van der Waals surface area contributed by atoms with E-state index in [1.165, 1.54) is 22.3 Å². The monoisotopic (exact) mass is 634 g/mol. The summed E-state index contributed by atoms with van der Waals surface area (Å²) < 4.78 is 0. The van der Waals surface area contributed by atoms with Gasteiger partial charge in [-0.25, -0.2) is 0 Å². The van der Waals surface area contributed by atoms with E-state index in [0.29, 0.717) is 37.3 Å². The summed E-state index contributed by atoms with van der Waals surface area (Å²) in [4.78, 5) is 35.9.